The van der Waals surface area contributed by atoms with Crippen molar-refractivity contribution < 1.29 is 23.0 Å². The molecule has 1 rings (SSSR count). The largest absolute Gasteiger partial charge is 0.396 e. The molecule has 0 saturated carbocycles. The monoisotopic (exact) mass is 342 g/mol. The summed E-state index contributed by atoms with van der Waals surface area (Å²) in [5.74, 6) is -0.740. The Morgan fingerprint density at radius 3 is 2.67 bits per heavy atom. The van der Waals surface area contributed by atoms with E-state index in [1.807, 2.05) is 0 Å². The molecule has 1 aromatic carbocycles. The number of benzene rings is 1. The van der Waals surface area contributed by atoms with Crippen molar-refractivity contribution in [3.05, 3.63) is 22.4 Å². The molecule has 0 aliphatic rings. The van der Waals surface area contributed by atoms with Crippen molar-refractivity contribution in [2.24, 2.45) is 0 Å². The normalized spacial score (nSPS) is 13.6. The number of halogens is 2. The van der Waals surface area contributed by atoms with Crippen molar-refractivity contribution in [1.29, 1.82) is 0 Å². The standard InChI is InChI=1S/C9H12BrFN2O4S/c10-6-1-7(11)8(12)2-9(6)18(16,17)13-3-5(15)4-14/h1-2,5,13-15H,3-4,12H2. The van der Waals surface area contributed by atoms with Crippen LogP contribution >= 0.6 is 15.9 Å². The minimum Gasteiger partial charge on any atom is -0.396 e. The molecule has 102 valence electrons. The second kappa shape index (κ2) is 5.93. The number of anilines is 1. The van der Waals surface area contributed by atoms with Gasteiger partial charge in [-0.2, -0.15) is 0 Å². The molecule has 9 heteroatoms. The molecule has 0 fully saturated rings. The molecule has 0 amide bonds. The number of aliphatic hydroxyl groups excluding tert-OH is 2. The molecular formula is C9H12BrFN2O4S. The summed E-state index contributed by atoms with van der Waals surface area (Å²) in [6, 6.07) is 1.90. The van der Waals surface area contributed by atoms with Crippen molar-refractivity contribution in [3.8, 4) is 0 Å². The van der Waals surface area contributed by atoms with E-state index >= 15 is 0 Å². The lowest BCUT2D eigenvalue weighted by Crippen LogP contribution is -2.34. The van der Waals surface area contributed by atoms with E-state index < -0.39 is 28.6 Å². The first-order valence-electron chi connectivity index (χ1n) is 4.81. The first-order chi connectivity index (χ1) is 8.27. The second-order valence-corrected chi connectivity index (χ2v) is 6.08. The number of nitrogen functional groups attached to an aromatic ring is 1. The maximum absolute atomic E-state index is 13.1. The van der Waals surface area contributed by atoms with Crippen LogP contribution in [-0.2, 0) is 10.0 Å². The van der Waals surface area contributed by atoms with Crippen molar-refractivity contribution in [2.45, 2.75) is 11.0 Å². The highest BCUT2D eigenvalue weighted by Crippen LogP contribution is 2.26. The van der Waals surface area contributed by atoms with Gasteiger partial charge in [-0.1, -0.05) is 0 Å². The zero-order valence-corrected chi connectivity index (χ0v) is 11.5. The van der Waals surface area contributed by atoms with Gasteiger partial charge in [0.25, 0.3) is 0 Å². The van der Waals surface area contributed by atoms with E-state index in [-0.39, 0.29) is 21.6 Å². The first-order valence-corrected chi connectivity index (χ1v) is 7.08. The van der Waals surface area contributed by atoms with Gasteiger partial charge in [0.2, 0.25) is 10.0 Å². The van der Waals surface area contributed by atoms with Gasteiger partial charge < -0.3 is 15.9 Å². The van der Waals surface area contributed by atoms with Gasteiger partial charge in [-0.15, -0.1) is 0 Å². The summed E-state index contributed by atoms with van der Waals surface area (Å²) in [4.78, 5) is -0.244. The molecule has 0 heterocycles. The molecule has 6 nitrogen and oxygen atoms in total. The fourth-order valence-electron chi connectivity index (χ4n) is 1.10. The van der Waals surface area contributed by atoms with E-state index in [0.717, 1.165) is 12.1 Å². The van der Waals surface area contributed by atoms with Crippen molar-refractivity contribution in [3.63, 3.8) is 0 Å². The average Bonchev–Trinajstić information content (AvgIpc) is 2.30. The Kier molecular flexibility index (Phi) is 5.05. The third-order valence-electron chi connectivity index (χ3n) is 2.06. The van der Waals surface area contributed by atoms with Crippen LogP contribution in [0.4, 0.5) is 10.1 Å². The molecule has 1 atom stereocenters. The molecule has 0 aliphatic heterocycles. The molecule has 0 spiro atoms. The fourth-order valence-corrected chi connectivity index (χ4v) is 3.22. The quantitative estimate of drug-likeness (QED) is 0.553. The maximum Gasteiger partial charge on any atom is 0.241 e. The van der Waals surface area contributed by atoms with Crippen molar-refractivity contribution in [1.82, 2.24) is 4.72 Å². The summed E-state index contributed by atoms with van der Waals surface area (Å²) in [6.07, 6.45) is -1.21. The number of sulfonamides is 1. The van der Waals surface area contributed by atoms with Crippen molar-refractivity contribution >= 4 is 31.6 Å². The summed E-state index contributed by atoms with van der Waals surface area (Å²) in [7, 11) is -3.95. The Bertz CT molecular complexity index is 538. The van der Waals surface area contributed by atoms with Crippen molar-refractivity contribution in [2.75, 3.05) is 18.9 Å². The number of hydrogen-bond acceptors (Lipinski definition) is 5. The van der Waals surface area contributed by atoms with Crippen LogP contribution < -0.4 is 10.5 Å². The first kappa shape index (κ1) is 15.3. The van der Waals surface area contributed by atoms with E-state index in [1.54, 1.807) is 0 Å². The summed E-state index contributed by atoms with van der Waals surface area (Å²) in [5.41, 5.74) is 4.99. The maximum atomic E-state index is 13.1. The minimum absolute atomic E-state index is 0.0141. The van der Waals surface area contributed by atoms with Gasteiger partial charge in [0.05, 0.1) is 23.3 Å². The molecular weight excluding hydrogens is 331 g/mol. The Morgan fingerprint density at radius 2 is 2.11 bits per heavy atom. The van der Waals surface area contributed by atoms with Gasteiger partial charge in [0.1, 0.15) is 5.82 Å². The predicted molar refractivity (Wildman–Crippen MR) is 66.8 cm³/mol. The molecule has 0 aliphatic carbocycles. The highest BCUT2D eigenvalue weighted by Gasteiger charge is 2.20. The van der Waals surface area contributed by atoms with Crippen LogP contribution in [-0.4, -0.2) is 37.9 Å². The molecule has 0 bridgehead atoms. The van der Waals surface area contributed by atoms with Crippen LogP contribution in [0, 0.1) is 5.82 Å². The zero-order valence-electron chi connectivity index (χ0n) is 9.10. The lowest BCUT2D eigenvalue weighted by molar-refractivity contribution is 0.0988. The van der Waals surface area contributed by atoms with Crippen LogP contribution in [0.5, 0.6) is 0 Å². The zero-order chi connectivity index (χ0) is 13.9. The summed E-state index contributed by atoms with van der Waals surface area (Å²) < 4.78 is 38.8. The molecule has 0 aromatic heterocycles. The smallest absolute Gasteiger partial charge is 0.241 e. The summed E-state index contributed by atoms with van der Waals surface area (Å²) >= 11 is 2.91. The van der Waals surface area contributed by atoms with E-state index in [0.29, 0.717) is 0 Å². The second-order valence-electron chi connectivity index (χ2n) is 3.49. The van der Waals surface area contributed by atoms with Gasteiger partial charge in [0, 0.05) is 11.0 Å². The third kappa shape index (κ3) is 3.62. The van der Waals surface area contributed by atoms with Crippen LogP contribution in [0.25, 0.3) is 0 Å². The van der Waals surface area contributed by atoms with Gasteiger partial charge in [-0.25, -0.2) is 17.5 Å². The summed E-state index contributed by atoms with van der Waals surface area (Å²) in [6.45, 7) is -0.933. The topological polar surface area (TPSA) is 113 Å². The van der Waals surface area contributed by atoms with Gasteiger partial charge in [-0.05, 0) is 28.1 Å². The number of nitrogens with one attached hydrogen (secondary N) is 1. The molecule has 1 aromatic rings. The number of aliphatic hydroxyl groups is 2. The third-order valence-corrected chi connectivity index (χ3v) is 4.44. The molecule has 0 radical (unpaired) electrons. The van der Waals surface area contributed by atoms with Crippen LogP contribution in [0.15, 0.2) is 21.5 Å². The van der Waals surface area contributed by atoms with E-state index in [4.69, 9.17) is 15.9 Å². The number of hydrogen-bond donors (Lipinski definition) is 4. The van der Waals surface area contributed by atoms with E-state index in [9.17, 15) is 12.8 Å². The lowest BCUT2D eigenvalue weighted by atomic mass is 10.3. The fraction of sp³-hybridized carbons (Fsp3) is 0.333. The highest BCUT2D eigenvalue weighted by molar-refractivity contribution is 9.10. The van der Waals surface area contributed by atoms with E-state index in [2.05, 4.69) is 20.7 Å². The van der Waals surface area contributed by atoms with Crippen LogP contribution in [0.3, 0.4) is 0 Å². The Morgan fingerprint density at radius 1 is 1.50 bits per heavy atom. The summed E-state index contributed by atoms with van der Waals surface area (Å²) in [5, 5.41) is 17.6. The van der Waals surface area contributed by atoms with Crippen LogP contribution in [0.2, 0.25) is 0 Å². The SMILES string of the molecule is Nc1cc(S(=O)(=O)NCC(O)CO)c(Br)cc1F. The average molecular weight is 343 g/mol. The number of nitrogens with two attached hydrogens (primary N) is 1. The van der Waals surface area contributed by atoms with E-state index in [1.165, 1.54) is 0 Å². The molecule has 18 heavy (non-hydrogen) atoms. The minimum atomic E-state index is -3.95. The van der Waals surface area contributed by atoms with Gasteiger partial charge in [-0.3, -0.25) is 0 Å². The highest BCUT2D eigenvalue weighted by atomic mass is 79.9. The Hall–Kier alpha value is -0.740. The molecule has 1 unspecified atom stereocenters. The molecule has 5 N–H and O–H groups in total. The Labute approximate surface area is 112 Å². The lowest BCUT2D eigenvalue weighted by Gasteiger charge is -2.11. The number of rotatable bonds is 5. The molecule has 0 saturated heterocycles. The predicted octanol–water partition coefficient (Wildman–Crippen LogP) is -0.198. The van der Waals surface area contributed by atoms with Gasteiger partial charge in [0.15, 0.2) is 0 Å². The Balaban J connectivity index is 3.02. The van der Waals surface area contributed by atoms with Gasteiger partial charge >= 0.3 is 0 Å². The van der Waals surface area contributed by atoms with Crippen LogP contribution in [0.1, 0.15) is 0 Å².